The van der Waals surface area contributed by atoms with Crippen molar-refractivity contribution in [3.8, 4) is 26.9 Å². The van der Waals surface area contributed by atoms with Crippen LogP contribution in [0.5, 0.6) is 5.75 Å². The second-order valence-electron chi connectivity index (χ2n) is 10.3. The maximum atomic E-state index is 5.76. The largest absolute Gasteiger partial charge is 0.497 e. The molecule has 0 saturated carbocycles. The van der Waals surface area contributed by atoms with E-state index in [2.05, 4.69) is 104 Å². The second kappa shape index (κ2) is 12.8. The van der Waals surface area contributed by atoms with Crippen LogP contribution < -0.4 is 21.1 Å². The third kappa shape index (κ3) is 6.32. The van der Waals surface area contributed by atoms with Crippen molar-refractivity contribution in [2.75, 3.05) is 30.5 Å². The molecule has 0 saturated heterocycles. The predicted molar refractivity (Wildman–Crippen MR) is 193 cm³/mol. The number of aromatic nitrogens is 4. The third-order valence-corrected chi connectivity index (χ3v) is 10.5. The van der Waals surface area contributed by atoms with Crippen molar-refractivity contribution in [1.82, 2.24) is 19.9 Å². The fourth-order valence-corrected chi connectivity index (χ4v) is 7.75. The molecule has 0 spiro atoms. The van der Waals surface area contributed by atoms with E-state index < -0.39 is 0 Å². The first-order chi connectivity index (χ1) is 21.7. The summed E-state index contributed by atoms with van der Waals surface area (Å²) in [7, 11) is 3.74. The minimum atomic E-state index is 0.294. The Kier molecular flexibility index (Phi) is 8.66. The molecule has 4 aromatic heterocycles. The summed E-state index contributed by atoms with van der Waals surface area (Å²) in [6.07, 6.45) is 3.39. The lowest BCUT2D eigenvalue weighted by atomic mass is 10.1. The van der Waals surface area contributed by atoms with Crippen LogP contribution in [0.2, 0.25) is 0 Å². The summed E-state index contributed by atoms with van der Waals surface area (Å²) in [6.45, 7) is 4.24. The zero-order valence-corrected chi connectivity index (χ0v) is 28.3. The first-order valence-electron chi connectivity index (χ1n) is 14.0. The Morgan fingerprint density at radius 3 is 1.84 bits per heavy atom. The van der Waals surface area contributed by atoms with Gasteiger partial charge in [0.25, 0.3) is 0 Å². The zero-order valence-electron chi connectivity index (χ0n) is 25.1. The average molecular weight is 697 g/mol. The molecule has 0 aliphatic heterocycles. The van der Waals surface area contributed by atoms with E-state index in [0.29, 0.717) is 11.9 Å². The van der Waals surface area contributed by atoms with Gasteiger partial charge in [-0.3, -0.25) is 0 Å². The van der Waals surface area contributed by atoms with Gasteiger partial charge in [-0.15, -0.1) is 22.7 Å². The second-order valence-corrected chi connectivity index (χ2v) is 13.3. The molecule has 11 heteroatoms. The third-order valence-electron chi connectivity index (χ3n) is 7.46. The fourth-order valence-electron chi connectivity index (χ4n) is 5.07. The zero-order chi connectivity index (χ0) is 31.7. The molecule has 4 N–H and O–H groups in total. The Balaban J connectivity index is 0.000000172. The van der Waals surface area contributed by atoms with E-state index in [1.165, 1.54) is 31.3 Å². The van der Waals surface area contributed by atoms with Gasteiger partial charge in [0.05, 0.1) is 28.3 Å². The van der Waals surface area contributed by atoms with Gasteiger partial charge in [0.15, 0.2) is 0 Å². The molecule has 0 radical (unpaired) electrons. The number of benzene rings is 3. The van der Waals surface area contributed by atoms with E-state index >= 15 is 0 Å². The van der Waals surface area contributed by atoms with Crippen LogP contribution in [0.4, 0.5) is 23.3 Å². The van der Waals surface area contributed by atoms with Crippen LogP contribution in [0.3, 0.4) is 0 Å². The van der Waals surface area contributed by atoms with Gasteiger partial charge >= 0.3 is 0 Å². The first-order valence-corrected chi connectivity index (χ1v) is 16.4. The Hall–Kier alpha value is -4.58. The maximum absolute atomic E-state index is 5.76. The number of rotatable bonds is 5. The van der Waals surface area contributed by atoms with Gasteiger partial charge in [-0.05, 0) is 96.4 Å². The van der Waals surface area contributed by atoms with Crippen LogP contribution in [0.25, 0.3) is 41.3 Å². The number of aryl methyl sites for hydroxylation is 2. The van der Waals surface area contributed by atoms with E-state index in [1.807, 2.05) is 30.3 Å². The molecule has 0 amide bonds. The van der Waals surface area contributed by atoms with Crippen molar-refractivity contribution in [2.45, 2.75) is 13.8 Å². The number of nitrogen functional groups attached to an aromatic ring is 2. The van der Waals surface area contributed by atoms with Gasteiger partial charge < -0.3 is 21.1 Å². The van der Waals surface area contributed by atoms with Crippen molar-refractivity contribution in [1.29, 1.82) is 0 Å². The molecule has 4 heterocycles. The van der Waals surface area contributed by atoms with Gasteiger partial charge in [0.2, 0.25) is 11.9 Å². The van der Waals surface area contributed by atoms with Crippen LogP contribution in [-0.2, 0) is 0 Å². The summed E-state index contributed by atoms with van der Waals surface area (Å²) in [4.78, 5) is 21.0. The van der Waals surface area contributed by atoms with Gasteiger partial charge in [-0.2, -0.15) is 0 Å². The summed E-state index contributed by atoms with van der Waals surface area (Å²) in [5.41, 5.74) is 17.8. The number of nitrogens with zero attached hydrogens (tertiary/aromatic N) is 5. The summed E-state index contributed by atoms with van der Waals surface area (Å²) < 4.78 is 8.91. The van der Waals surface area contributed by atoms with Gasteiger partial charge in [-0.1, -0.05) is 22.0 Å². The smallest absolute Gasteiger partial charge is 0.220 e. The molecular weight excluding hydrogens is 666 g/mol. The van der Waals surface area contributed by atoms with E-state index in [4.69, 9.17) is 16.2 Å². The molecular formula is C34H30BrN7OS2. The van der Waals surface area contributed by atoms with Crippen molar-refractivity contribution in [3.05, 3.63) is 101 Å². The molecule has 3 aromatic carbocycles. The Labute approximate surface area is 277 Å². The quantitative estimate of drug-likeness (QED) is 0.183. The number of thiophene rings is 2. The highest BCUT2D eigenvalue weighted by atomic mass is 79.9. The first kappa shape index (κ1) is 30.4. The molecule has 0 atom stereocenters. The van der Waals surface area contributed by atoms with Gasteiger partial charge in [0, 0.05) is 50.8 Å². The van der Waals surface area contributed by atoms with Crippen LogP contribution in [0.15, 0.2) is 89.7 Å². The van der Waals surface area contributed by atoms with Crippen LogP contribution in [0.1, 0.15) is 11.1 Å². The normalized spacial score (nSPS) is 11.0. The number of anilines is 4. The number of nitrogens with two attached hydrogens (primary N) is 2. The minimum absolute atomic E-state index is 0.294. The highest BCUT2D eigenvalue weighted by Crippen LogP contribution is 2.40. The predicted octanol–water partition coefficient (Wildman–Crippen LogP) is 9.04. The standard InChI is InChI=1S/C21H20N4OS.C13H10BrN3S/c1-13-17-12-15(25(2)14-5-4-6-16(11-14)26-3)7-8-19(17)27-20(13)18-9-10-23-21(22)24-18;1-7-9-6-8(14)2-3-11(9)18-12(7)10-4-5-16-13(15)17-10/h4-12H,1-3H3,(H2,22,23,24);2-6H,1H3,(H2,15,16,17). The number of halogens is 1. The SMILES string of the molecule is COc1cccc(N(C)c2ccc3sc(-c4ccnc(N)n4)c(C)c3c2)c1.Cc1c(-c2ccnc(N)n2)sc2ccc(Br)cc12. The molecule has 0 unspecified atom stereocenters. The van der Waals surface area contributed by atoms with Gasteiger partial charge in [0.1, 0.15) is 5.75 Å². The van der Waals surface area contributed by atoms with Gasteiger partial charge in [-0.25, -0.2) is 19.9 Å². The topological polar surface area (TPSA) is 116 Å². The molecule has 0 aliphatic rings. The van der Waals surface area contributed by atoms with Crippen molar-refractivity contribution < 1.29 is 4.74 Å². The Bertz CT molecular complexity index is 2160. The molecule has 0 fully saturated rings. The highest BCUT2D eigenvalue weighted by Gasteiger charge is 2.15. The summed E-state index contributed by atoms with van der Waals surface area (Å²) in [5, 5.41) is 2.47. The minimum Gasteiger partial charge on any atom is -0.497 e. The Morgan fingerprint density at radius 2 is 1.27 bits per heavy atom. The average Bonchev–Trinajstić information content (AvgIpc) is 3.56. The lowest BCUT2D eigenvalue weighted by molar-refractivity contribution is 0.415. The molecule has 8 nitrogen and oxygen atoms in total. The highest BCUT2D eigenvalue weighted by molar-refractivity contribution is 9.10. The van der Waals surface area contributed by atoms with Crippen LogP contribution in [0, 0.1) is 13.8 Å². The lowest BCUT2D eigenvalue weighted by Gasteiger charge is -2.20. The molecule has 0 bridgehead atoms. The molecule has 7 aromatic rings. The number of fused-ring (bicyclic) bond motifs is 2. The lowest BCUT2D eigenvalue weighted by Crippen LogP contribution is -2.09. The number of hydrogen-bond acceptors (Lipinski definition) is 10. The Morgan fingerprint density at radius 1 is 0.711 bits per heavy atom. The van der Waals surface area contributed by atoms with Crippen molar-refractivity contribution >= 4 is 82.0 Å². The van der Waals surface area contributed by atoms with Crippen LogP contribution >= 0.6 is 38.6 Å². The molecule has 226 valence electrons. The van der Waals surface area contributed by atoms with E-state index in [1.54, 1.807) is 42.2 Å². The van der Waals surface area contributed by atoms with E-state index in [0.717, 1.165) is 42.7 Å². The number of hydrogen-bond donors (Lipinski definition) is 2. The number of ether oxygens (including phenoxy) is 1. The van der Waals surface area contributed by atoms with Crippen LogP contribution in [-0.4, -0.2) is 34.1 Å². The summed E-state index contributed by atoms with van der Waals surface area (Å²) in [5.74, 6) is 1.45. The summed E-state index contributed by atoms with van der Waals surface area (Å²) >= 11 is 6.95. The molecule has 45 heavy (non-hydrogen) atoms. The van der Waals surface area contributed by atoms with E-state index in [9.17, 15) is 0 Å². The number of methoxy groups -OCH3 is 1. The van der Waals surface area contributed by atoms with Crippen molar-refractivity contribution in [2.24, 2.45) is 0 Å². The monoisotopic (exact) mass is 695 g/mol. The maximum Gasteiger partial charge on any atom is 0.220 e. The fraction of sp³-hybridized carbons (Fsp3) is 0.118. The molecule has 0 aliphatic carbocycles. The van der Waals surface area contributed by atoms with Crippen molar-refractivity contribution in [3.63, 3.8) is 0 Å². The van der Waals surface area contributed by atoms with E-state index in [-0.39, 0.29) is 0 Å². The molecule has 7 rings (SSSR count). The summed E-state index contributed by atoms with van der Waals surface area (Å²) in [6, 6.07) is 24.6.